The van der Waals surface area contributed by atoms with Gasteiger partial charge in [0.05, 0.1) is 5.92 Å². The minimum atomic E-state index is -0.253. The van der Waals surface area contributed by atoms with Crippen LogP contribution in [0.4, 0.5) is 0 Å². The van der Waals surface area contributed by atoms with E-state index in [4.69, 9.17) is 4.74 Å². The number of hydrogen-bond donors (Lipinski definition) is 0. The molecule has 1 aliphatic carbocycles. The number of unbranched alkanes of at least 4 members (excludes halogenated alkanes) is 6. The fourth-order valence-corrected chi connectivity index (χ4v) is 4.92. The molecule has 0 bridgehead atoms. The highest BCUT2D eigenvalue weighted by Crippen LogP contribution is 2.48. The molecule has 0 amide bonds. The summed E-state index contributed by atoms with van der Waals surface area (Å²) in [5.41, 5.74) is 1.68. The van der Waals surface area contributed by atoms with E-state index >= 15 is 0 Å². The number of ether oxygens (including phenoxy) is 1. The van der Waals surface area contributed by atoms with E-state index < -0.39 is 0 Å². The number of allylic oxidation sites excluding steroid dienone is 2. The van der Waals surface area contributed by atoms with Gasteiger partial charge in [0.2, 0.25) is 0 Å². The molecule has 1 aromatic carbocycles. The Labute approximate surface area is 175 Å². The van der Waals surface area contributed by atoms with Gasteiger partial charge >= 0.3 is 5.97 Å². The number of esters is 1. The van der Waals surface area contributed by atoms with Gasteiger partial charge in [-0.2, -0.15) is 0 Å². The van der Waals surface area contributed by atoms with Crippen LogP contribution in [-0.2, 0) is 14.3 Å². The van der Waals surface area contributed by atoms with Gasteiger partial charge in [-0.3, -0.25) is 9.59 Å². The third-order valence-electron chi connectivity index (χ3n) is 6.40. The Morgan fingerprint density at radius 3 is 2.28 bits per heavy atom. The summed E-state index contributed by atoms with van der Waals surface area (Å²) in [6.07, 6.45) is 10.5. The molecular weight excluding hydrogens is 360 g/mol. The number of ketones is 1. The van der Waals surface area contributed by atoms with Crippen molar-refractivity contribution in [2.24, 2.45) is 11.3 Å². The van der Waals surface area contributed by atoms with Crippen molar-refractivity contribution in [2.75, 3.05) is 0 Å². The highest BCUT2D eigenvalue weighted by atomic mass is 16.5. The molecule has 2 aliphatic rings. The summed E-state index contributed by atoms with van der Waals surface area (Å²) in [7, 11) is 0. The SMILES string of the molecule is CCCCCCCCC[C@H]1C(=O)OC2=C(C(=O)CC(C)(C)C2)[C@@H]1c1ccccc1. The van der Waals surface area contributed by atoms with Crippen molar-refractivity contribution in [3.63, 3.8) is 0 Å². The fraction of sp³-hybridized carbons (Fsp3) is 0.615. The van der Waals surface area contributed by atoms with Crippen LogP contribution in [0.25, 0.3) is 0 Å². The Hall–Kier alpha value is -1.90. The molecule has 3 heteroatoms. The smallest absolute Gasteiger partial charge is 0.314 e. The first-order valence-corrected chi connectivity index (χ1v) is 11.5. The van der Waals surface area contributed by atoms with Crippen LogP contribution in [0, 0.1) is 11.3 Å². The summed E-state index contributed by atoms with van der Waals surface area (Å²) < 4.78 is 5.79. The third-order valence-corrected chi connectivity index (χ3v) is 6.40. The molecule has 0 fully saturated rings. The minimum Gasteiger partial charge on any atom is -0.430 e. The zero-order valence-electron chi connectivity index (χ0n) is 18.3. The molecule has 158 valence electrons. The standard InChI is InChI=1S/C26H36O3/c1-4-5-6-7-8-9-13-16-20-23(19-14-11-10-12-15-19)24-21(27)17-26(2,3)18-22(24)29-25(20)28/h10-12,14-15,20,23H,4-9,13,16-18H2,1-3H3/t20-,23-/m1/s1. The Bertz CT molecular complexity index is 744. The summed E-state index contributed by atoms with van der Waals surface area (Å²) in [5, 5.41) is 0. The Morgan fingerprint density at radius 1 is 0.931 bits per heavy atom. The second-order valence-corrected chi connectivity index (χ2v) is 9.60. The molecule has 0 saturated heterocycles. The van der Waals surface area contributed by atoms with Crippen molar-refractivity contribution in [1.29, 1.82) is 0 Å². The highest BCUT2D eigenvalue weighted by Gasteiger charge is 2.46. The van der Waals surface area contributed by atoms with Gasteiger partial charge in [-0.15, -0.1) is 0 Å². The highest BCUT2D eigenvalue weighted by molar-refractivity contribution is 6.01. The maximum Gasteiger partial charge on any atom is 0.314 e. The average molecular weight is 397 g/mol. The van der Waals surface area contributed by atoms with Crippen molar-refractivity contribution >= 4 is 11.8 Å². The zero-order chi connectivity index (χ0) is 20.9. The molecule has 0 unspecified atom stereocenters. The van der Waals surface area contributed by atoms with E-state index in [1.54, 1.807) is 0 Å². The molecule has 1 aliphatic heterocycles. The quantitative estimate of drug-likeness (QED) is 0.343. The molecule has 3 rings (SSSR count). The molecule has 0 N–H and O–H groups in total. The molecule has 0 radical (unpaired) electrons. The lowest BCUT2D eigenvalue weighted by atomic mass is 9.67. The summed E-state index contributed by atoms with van der Waals surface area (Å²) >= 11 is 0. The maximum atomic E-state index is 13.1. The molecule has 0 spiro atoms. The van der Waals surface area contributed by atoms with Gasteiger partial charge in [-0.05, 0) is 17.4 Å². The lowest BCUT2D eigenvalue weighted by Crippen LogP contribution is -2.39. The van der Waals surface area contributed by atoms with Gasteiger partial charge in [0.15, 0.2) is 5.78 Å². The van der Waals surface area contributed by atoms with Crippen molar-refractivity contribution in [3.05, 3.63) is 47.2 Å². The molecular formula is C26H36O3. The van der Waals surface area contributed by atoms with Crippen LogP contribution in [0.2, 0.25) is 0 Å². The Kier molecular flexibility index (Phi) is 7.32. The first-order valence-electron chi connectivity index (χ1n) is 11.5. The van der Waals surface area contributed by atoms with Crippen molar-refractivity contribution in [2.45, 2.75) is 90.9 Å². The van der Waals surface area contributed by atoms with E-state index in [-0.39, 0.29) is 29.0 Å². The van der Waals surface area contributed by atoms with Crippen LogP contribution in [0.15, 0.2) is 41.7 Å². The van der Waals surface area contributed by atoms with Gasteiger partial charge in [0, 0.05) is 24.3 Å². The van der Waals surface area contributed by atoms with E-state index in [0.717, 1.165) is 30.4 Å². The van der Waals surface area contributed by atoms with Gasteiger partial charge in [-0.1, -0.05) is 96.0 Å². The van der Waals surface area contributed by atoms with Crippen LogP contribution in [-0.4, -0.2) is 11.8 Å². The maximum absolute atomic E-state index is 13.1. The number of rotatable bonds is 9. The normalized spacial score (nSPS) is 23.7. The Morgan fingerprint density at radius 2 is 1.59 bits per heavy atom. The summed E-state index contributed by atoms with van der Waals surface area (Å²) in [6, 6.07) is 10.1. The lowest BCUT2D eigenvalue weighted by molar-refractivity contribution is -0.148. The van der Waals surface area contributed by atoms with E-state index in [9.17, 15) is 9.59 Å². The lowest BCUT2D eigenvalue weighted by Gasteiger charge is -2.40. The fourth-order valence-electron chi connectivity index (χ4n) is 4.92. The third kappa shape index (κ3) is 5.38. The van der Waals surface area contributed by atoms with Crippen LogP contribution in [0.5, 0.6) is 0 Å². The minimum absolute atomic E-state index is 0.144. The van der Waals surface area contributed by atoms with E-state index in [0.29, 0.717) is 18.6 Å². The topological polar surface area (TPSA) is 43.4 Å². The number of Topliss-reactive ketones (excluding diaryl/α,β-unsaturated/α-hetero) is 1. The van der Waals surface area contributed by atoms with Crippen LogP contribution < -0.4 is 0 Å². The van der Waals surface area contributed by atoms with E-state index in [2.05, 4.69) is 32.9 Å². The molecule has 3 nitrogen and oxygen atoms in total. The van der Waals surface area contributed by atoms with Crippen LogP contribution >= 0.6 is 0 Å². The first kappa shape index (κ1) is 21.8. The number of carbonyl (C=O) groups excluding carboxylic acids is 2. The molecule has 0 saturated carbocycles. The number of carbonyl (C=O) groups is 2. The molecule has 2 atom stereocenters. The molecule has 0 aromatic heterocycles. The van der Waals surface area contributed by atoms with Crippen molar-refractivity contribution in [1.82, 2.24) is 0 Å². The Balaban J connectivity index is 1.78. The molecule has 29 heavy (non-hydrogen) atoms. The summed E-state index contributed by atoms with van der Waals surface area (Å²) in [4.78, 5) is 26.1. The number of hydrogen-bond acceptors (Lipinski definition) is 3. The van der Waals surface area contributed by atoms with Crippen molar-refractivity contribution < 1.29 is 14.3 Å². The van der Waals surface area contributed by atoms with E-state index in [1.165, 1.54) is 32.1 Å². The summed E-state index contributed by atoms with van der Waals surface area (Å²) in [5.74, 6) is 0.227. The van der Waals surface area contributed by atoms with Gasteiger partial charge in [0.25, 0.3) is 0 Å². The second kappa shape index (κ2) is 9.73. The predicted molar refractivity (Wildman–Crippen MR) is 116 cm³/mol. The van der Waals surface area contributed by atoms with Crippen LogP contribution in [0.1, 0.15) is 96.5 Å². The monoisotopic (exact) mass is 396 g/mol. The first-order chi connectivity index (χ1) is 13.9. The predicted octanol–water partition coefficient (Wildman–Crippen LogP) is 6.73. The molecule has 1 aromatic rings. The van der Waals surface area contributed by atoms with Crippen molar-refractivity contribution in [3.8, 4) is 0 Å². The molecule has 1 heterocycles. The van der Waals surface area contributed by atoms with Gasteiger partial charge in [0.1, 0.15) is 5.76 Å². The number of benzene rings is 1. The zero-order valence-corrected chi connectivity index (χ0v) is 18.3. The largest absolute Gasteiger partial charge is 0.430 e. The average Bonchev–Trinajstić information content (AvgIpc) is 2.67. The van der Waals surface area contributed by atoms with Gasteiger partial charge < -0.3 is 4.74 Å². The summed E-state index contributed by atoms with van der Waals surface area (Å²) in [6.45, 7) is 6.38. The van der Waals surface area contributed by atoms with Crippen LogP contribution in [0.3, 0.4) is 0 Å². The van der Waals surface area contributed by atoms with Gasteiger partial charge in [-0.25, -0.2) is 0 Å². The van der Waals surface area contributed by atoms with E-state index in [1.807, 2.05) is 18.2 Å². The second-order valence-electron chi connectivity index (χ2n) is 9.60.